The van der Waals surface area contributed by atoms with Gasteiger partial charge in [0.1, 0.15) is 0 Å². The molecule has 0 saturated carbocycles. The molecule has 0 nitrogen and oxygen atoms in total. The van der Waals surface area contributed by atoms with E-state index >= 15 is 0 Å². The van der Waals surface area contributed by atoms with E-state index in [-0.39, 0.29) is 0 Å². The summed E-state index contributed by atoms with van der Waals surface area (Å²) in [4.78, 5) is 0. The number of benzene rings is 1. The Morgan fingerprint density at radius 1 is 1.29 bits per heavy atom. The molecule has 0 aliphatic rings. The molecule has 2 rings (SSSR count). The molecule has 0 N–H and O–H groups in total. The first-order valence-corrected chi connectivity index (χ1v) is 6.34. The Labute approximate surface area is 102 Å². The molecule has 0 spiro atoms. The number of alkyl halides is 3. The van der Waals surface area contributed by atoms with Crippen LogP contribution < -0.4 is 0 Å². The number of hydrogen-bond acceptors (Lipinski definition) is 1. The highest BCUT2D eigenvalue weighted by Gasteiger charge is 2.30. The Morgan fingerprint density at radius 3 is 2.71 bits per heavy atom. The molecule has 0 aliphatic carbocycles. The molecule has 91 valence electrons. The molecule has 0 aliphatic heterocycles. The van der Waals surface area contributed by atoms with Gasteiger partial charge in [-0.15, -0.1) is 11.3 Å². The van der Waals surface area contributed by atoms with Gasteiger partial charge in [0, 0.05) is 10.1 Å². The zero-order valence-corrected chi connectivity index (χ0v) is 10.2. The van der Waals surface area contributed by atoms with Crippen LogP contribution in [-0.2, 0) is 12.6 Å². The average molecular weight is 257 g/mol. The lowest BCUT2D eigenvalue weighted by atomic mass is 10.1. The molecule has 0 saturated heterocycles. The van der Waals surface area contributed by atoms with Crippen molar-refractivity contribution in [1.82, 2.24) is 0 Å². The fraction of sp³-hybridized carbons (Fsp3) is 0.385. The fourth-order valence-corrected chi connectivity index (χ4v) is 2.68. The largest absolute Gasteiger partial charge is 0.416 e. The monoisotopic (exact) mass is 257 g/mol. The van der Waals surface area contributed by atoms with Crippen LogP contribution in [0, 0.1) is 5.38 Å². The Kier molecular flexibility index (Phi) is 3.43. The van der Waals surface area contributed by atoms with Gasteiger partial charge in [-0.05, 0) is 35.9 Å². The summed E-state index contributed by atoms with van der Waals surface area (Å²) in [5.41, 5.74) is 0.461. The highest BCUT2D eigenvalue weighted by Crippen LogP contribution is 2.34. The number of thiophene rings is 1. The topological polar surface area (TPSA) is 0 Å². The van der Waals surface area contributed by atoms with Crippen LogP contribution in [0.4, 0.5) is 13.2 Å². The Bertz CT molecular complexity index is 511. The van der Waals surface area contributed by atoms with E-state index in [1.807, 2.05) is 0 Å². The van der Waals surface area contributed by atoms with Crippen molar-refractivity contribution in [3.63, 3.8) is 0 Å². The second-order valence-electron chi connectivity index (χ2n) is 3.99. The minimum Gasteiger partial charge on any atom is -0.166 e. The predicted molar refractivity (Wildman–Crippen MR) is 64.3 cm³/mol. The van der Waals surface area contributed by atoms with Crippen LogP contribution in [0.2, 0.25) is 0 Å². The molecule has 1 aromatic carbocycles. The van der Waals surface area contributed by atoms with E-state index in [1.165, 1.54) is 17.4 Å². The lowest BCUT2D eigenvalue weighted by Gasteiger charge is -2.06. The molecule has 1 radical (unpaired) electrons. The molecule has 1 heterocycles. The summed E-state index contributed by atoms with van der Waals surface area (Å²) >= 11 is 1.27. The molecule has 2 aromatic rings. The maximum absolute atomic E-state index is 12.5. The maximum Gasteiger partial charge on any atom is 0.416 e. The molecule has 0 unspecified atom stereocenters. The van der Waals surface area contributed by atoms with Crippen molar-refractivity contribution in [3.8, 4) is 0 Å². The fourth-order valence-electron chi connectivity index (χ4n) is 1.74. The van der Waals surface area contributed by atoms with Gasteiger partial charge in [-0.1, -0.05) is 19.4 Å². The number of halogens is 3. The van der Waals surface area contributed by atoms with Crippen molar-refractivity contribution < 1.29 is 13.2 Å². The van der Waals surface area contributed by atoms with E-state index < -0.39 is 11.7 Å². The summed E-state index contributed by atoms with van der Waals surface area (Å²) in [7, 11) is 0. The normalized spacial score (nSPS) is 12.2. The SMILES string of the molecule is CCCCc1[c]sc2cc(C(F)(F)F)ccc12. The highest BCUT2D eigenvalue weighted by atomic mass is 32.1. The summed E-state index contributed by atoms with van der Waals surface area (Å²) in [5.74, 6) is 0. The molecular weight excluding hydrogens is 245 g/mol. The van der Waals surface area contributed by atoms with Crippen LogP contribution in [-0.4, -0.2) is 0 Å². The minimum atomic E-state index is -4.26. The number of hydrogen-bond donors (Lipinski definition) is 0. The van der Waals surface area contributed by atoms with Gasteiger partial charge in [0.25, 0.3) is 0 Å². The van der Waals surface area contributed by atoms with Gasteiger partial charge in [-0.3, -0.25) is 0 Å². The number of unbranched alkanes of at least 4 members (excludes halogenated alkanes) is 1. The Hall–Kier alpha value is -1.03. The highest BCUT2D eigenvalue weighted by molar-refractivity contribution is 7.16. The van der Waals surface area contributed by atoms with Crippen molar-refractivity contribution in [1.29, 1.82) is 0 Å². The summed E-state index contributed by atoms with van der Waals surface area (Å²) < 4.78 is 38.2. The Balaban J connectivity index is 2.38. The van der Waals surface area contributed by atoms with Crippen LogP contribution in [0.3, 0.4) is 0 Å². The van der Waals surface area contributed by atoms with E-state index in [2.05, 4.69) is 12.3 Å². The van der Waals surface area contributed by atoms with Crippen LogP contribution in [0.25, 0.3) is 10.1 Å². The van der Waals surface area contributed by atoms with Crippen LogP contribution in [0.5, 0.6) is 0 Å². The zero-order valence-electron chi connectivity index (χ0n) is 9.40. The van der Waals surface area contributed by atoms with Crippen LogP contribution >= 0.6 is 11.3 Å². The van der Waals surface area contributed by atoms with Gasteiger partial charge in [-0.2, -0.15) is 13.2 Å². The number of fused-ring (bicyclic) bond motifs is 1. The van der Waals surface area contributed by atoms with Gasteiger partial charge in [0.2, 0.25) is 0 Å². The van der Waals surface area contributed by atoms with Crippen molar-refractivity contribution in [2.75, 3.05) is 0 Å². The lowest BCUT2D eigenvalue weighted by Crippen LogP contribution is -2.03. The van der Waals surface area contributed by atoms with Crippen molar-refractivity contribution in [3.05, 3.63) is 34.7 Å². The molecular formula is C13H12F3S. The smallest absolute Gasteiger partial charge is 0.166 e. The summed E-state index contributed by atoms with van der Waals surface area (Å²) in [5, 5.41) is 4.01. The minimum absolute atomic E-state index is 0.581. The van der Waals surface area contributed by atoms with Crippen molar-refractivity contribution in [2.24, 2.45) is 0 Å². The van der Waals surface area contributed by atoms with Crippen LogP contribution in [0.15, 0.2) is 18.2 Å². The second kappa shape index (κ2) is 4.69. The van der Waals surface area contributed by atoms with E-state index in [0.29, 0.717) is 4.70 Å². The third kappa shape index (κ3) is 2.63. The lowest BCUT2D eigenvalue weighted by molar-refractivity contribution is -0.137. The standard InChI is InChI=1S/C13H12F3S/c1-2-3-4-9-8-17-12-7-10(13(14,15)16)5-6-11(9)12/h5-7H,2-4H2,1H3. The molecule has 4 heteroatoms. The molecule has 0 atom stereocenters. The maximum atomic E-state index is 12.5. The van der Waals surface area contributed by atoms with Gasteiger partial charge < -0.3 is 0 Å². The van der Waals surface area contributed by atoms with Crippen LogP contribution in [0.1, 0.15) is 30.9 Å². The molecule has 17 heavy (non-hydrogen) atoms. The average Bonchev–Trinajstić information content (AvgIpc) is 2.67. The van der Waals surface area contributed by atoms with Gasteiger partial charge in [0.05, 0.1) is 5.56 Å². The third-order valence-electron chi connectivity index (χ3n) is 2.70. The number of rotatable bonds is 3. The van der Waals surface area contributed by atoms with E-state index in [9.17, 15) is 13.2 Å². The quantitative estimate of drug-likeness (QED) is 0.720. The van der Waals surface area contributed by atoms with Gasteiger partial charge in [0.15, 0.2) is 0 Å². The Morgan fingerprint density at radius 2 is 2.06 bits per heavy atom. The first kappa shape index (κ1) is 12.4. The van der Waals surface area contributed by atoms with E-state index in [4.69, 9.17) is 0 Å². The molecule has 0 bridgehead atoms. The summed E-state index contributed by atoms with van der Waals surface area (Å²) in [6.45, 7) is 2.09. The van der Waals surface area contributed by atoms with E-state index in [1.54, 1.807) is 6.07 Å². The van der Waals surface area contributed by atoms with Crippen molar-refractivity contribution in [2.45, 2.75) is 32.4 Å². The second-order valence-corrected chi connectivity index (χ2v) is 4.84. The zero-order chi connectivity index (χ0) is 12.5. The summed E-state index contributed by atoms with van der Waals surface area (Å²) in [6, 6.07) is 3.93. The molecule has 0 fully saturated rings. The van der Waals surface area contributed by atoms with Gasteiger partial charge in [-0.25, -0.2) is 0 Å². The number of aryl methyl sites for hydroxylation is 1. The predicted octanol–water partition coefficient (Wildman–Crippen LogP) is 5.06. The summed E-state index contributed by atoms with van der Waals surface area (Å²) in [6.07, 6.45) is -1.25. The molecule has 0 amide bonds. The third-order valence-corrected chi connectivity index (χ3v) is 3.60. The first-order valence-electron chi connectivity index (χ1n) is 5.52. The first-order chi connectivity index (χ1) is 8.02. The van der Waals surface area contributed by atoms with E-state index in [0.717, 1.165) is 36.3 Å². The van der Waals surface area contributed by atoms with Gasteiger partial charge >= 0.3 is 6.18 Å². The molecule has 1 aromatic heterocycles. The van der Waals surface area contributed by atoms with Crippen molar-refractivity contribution >= 4 is 21.4 Å².